The lowest BCUT2D eigenvalue weighted by atomic mass is 9.92. The molecule has 6 heteroatoms. The lowest BCUT2D eigenvalue weighted by Gasteiger charge is -2.23. The van der Waals surface area contributed by atoms with Crippen LogP contribution in [0.5, 0.6) is 0 Å². The minimum absolute atomic E-state index is 0.0891. The van der Waals surface area contributed by atoms with Gasteiger partial charge in [-0.3, -0.25) is 14.5 Å². The molecule has 1 aromatic heterocycles. The number of carbonyl (C=O) groups is 2. The van der Waals surface area contributed by atoms with Crippen molar-refractivity contribution in [1.82, 2.24) is 4.98 Å². The molecule has 1 aliphatic rings. The fourth-order valence-corrected chi connectivity index (χ4v) is 4.55. The smallest absolute Gasteiger partial charge is 0.301 e. The molecule has 5 nitrogen and oxygen atoms in total. The van der Waals surface area contributed by atoms with Crippen molar-refractivity contribution >= 4 is 33.9 Å². The molecule has 158 valence electrons. The first kappa shape index (κ1) is 21.0. The molecule has 3 aromatic rings. The van der Waals surface area contributed by atoms with Crippen LogP contribution in [0.1, 0.15) is 53.6 Å². The Hall–Kier alpha value is -3.25. The topological polar surface area (TPSA) is 70.5 Å². The van der Waals surface area contributed by atoms with Crippen molar-refractivity contribution < 1.29 is 14.7 Å². The second kappa shape index (κ2) is 8.12. The third-order valence-electron chi connectivity index (χ3n) is 5.64. The molecule has 1 amide bonds. The predicted octanol–water partition coefficient (Wildman–Crippen LogP) is 5.51. The van der Waals surface area contributed by atoms with Gasteiger partial charge in [-0.25, -0.2) is 4.98 Å². The number of rotatable bonds is 4. The van der Waals surface area contributed by atoms with Gasteiger partial charge < -0.3 is 5.11 Å². The average Bonchev–Trinajstić information content (AvgIpc) is 3.36. The lowest BCUT2D eigenvalue weighted by molar-refractivity contribution is -0.132. The summed E-state index contributed by atoms with van der Waals surface area (Å²) in [6.45, 7) is 8.01. The molecule has 0 aliphatic carbocycles. The Morgan fingerprint density at radius 3 is 2.42 bits per heavy atom. The maximum absolute atomic E-state index is 13.1. The Morgan fingerprint density at radius 2 is 1.81 bits per heavy atom. The van der Waals surface area contributed by atoms with Gasteiger partial charge in [-0.1, -0.05) is 55.8 Å². The monoisotopic (exact) mass is 432 g/mol. The molecule has 4 rings (SSSR count). The summed E-state index contributed by atoms with van der Waals surface area (Å²) < 4.78 is 0. The molecule has 2 aromatic carbocycles. The number of hydrogen-bond donors (Lipinski definition) is 1. The number of thiazole rings is 1. The summed E-state index contributed by atoms with van der Waals surface area (Å²) >= 11 is 1.29. The maximum Gasteiger partial charge on any atom is 0.301 e. The van der Waals surface area contributed by atoms with Crippen LogP contribution in [-0.2, 0) is 9.59 Å². The number of nitrogens with zero attached hydrogens (tertiary/aromatic N) is 2. The van der Waals surface area contributed by atoms with Gasteiger partial charge in [0.2, 0.25) is 0 Å². The molecule has 2 heterocycles. The first-order valence-corrected chi connectivity index (χ1v) is 11.1. The van der Waals surface area contributed by atoms with Crippen molar-refractivity contribution in [2.75, 3.05) is 4.90 Å². The zero-order valence-corrected chi connectivity index (χ0v) is 18.7. The van der Waals surface area contributed by atoms with Crippen molar-refractivity contribution in [2.45, 2.75) is 39.7 Å². The molecular weight excluding hydrogens is 408 g/mol. The molecule has 0 saturated carbocycles. The molecule has 0 spiro atoms. The Balaban J connectivity index is 1.94. The van der Waals surface area contributed by atoms with Gasteiger partial charge in [0.25, 0.3) is 5.78 Å². The van der Waals surface area contributed by atoms with Crippen LogP contribution in [0.25, 0.3) is 5.76 Å². The summed E-state index contributed by atoms with van der Waals surface area (Å²) in [4.78, 5) is 31.9. The number of aliphatic hydroxyl groups is 1. The molecule has 0 radical (unpaired) electrons. The Bertz CT molecular complexity index is 1180. The van der Waals surface area contributed by atoms with Crippen LogP contribution in [0.3, 0.4) is 0 Å². The van der Waals surface area contributed by atoms with E-state index in [1.807, 2.05) is 56.3 Å². The van der Waals surface area contributed by atoms with Crippen molar-refractivity contribution in [2.24, 2.45) is 0 Å². The average molecular weight is 433 g/mol. The first-order valence-electron chi connectivity index (χ1n) is 10.2. The predicted molar refractivity (Wildman–Crippen MR) is 123 cm³/mol. The highest BCUT2D eigenvalue weighted by Gasteiger charge is 2.48. The third-order valence-corrected chi connectivity index (χ3v) is 6.41. The summed E-state index contributed by atoms with van der Waals surface area (Å²) in [5.74, 6) is -1.18. The van der Waals surface area contributed by atoms with E-state index in [9.17, 15) is 14.7 Å². The molecule has 1 fully saturated rings. The van der Waals surface area contributed by atoms with Crippen LogP contribution in [0.4, 0.5) is 5.13 Å². The Morgan fingerprint density at radius 1 is 1.10 bits per heavy atom. The van der Waals surface area contributed by atoms with Crippen LogP contribution < -0.4 is 4.90 Å². The van der Waals surface area contributed by atoms with Gasteiger partial charge in [0.05, 0.1) is 11.6 Å². The summed E-state index contributed by atoms with van der Waals surface area (Å²) in [5.41, 5.74) is 4.35. The Kier molecular flexibility index (Phi) is 5.50. The van der Waals surface area contributed by atoms with Gasteiger partial charge in [-0.2, -0.15) is 0 Å². The van der Waals surface area contributed by atoms with Crippen molar-refractivity contribution in [1.29, 1.82) is 0 Å². The SMILES string of the molecule is Cc1ccc(C)c(C(O)=C2C(=O)C(=O)N(c3nccs3)C2c2ccc(C(C)C)cc2)c1. The highest BCUT2D eigenvalue weighted by atomic mass is 32.1. The number of ketones is 1. The summed E-state index contributed by atoms with van der Waals surface area (Å²) in [5, 5.41) is 13.5. The molecule has 1 atom stereocenters. The van der Waals surface area contributed by atoms with Crippen LogP contribution in [0, 0.1) is 13.8 Å². The summed E-state index contributed by atoms with van der Waals surface area (Å²) in [7, 11) is 0. The molecule has 1 N–H and O–H groups in total. The fourth-order valence-electron chi connectivity index (χ4n) is 3.88. The quantitative estimate of drug-likeness (QED) is 0.335. The minimum Gasteiger partial charge on any atom is -0.507 e. The van der Waals surface area contributed by atoms with E-state index in [0.717, 1.165) is 22.3 Å². The van der Waals surface area contributed by atoms with E-state index in [2.05, 4.69) is 18.8 Å². The van der Waals surface area contributed by atoms with E-state index in [0.29, 0.717) is 16.6 Å². The minimum atomic E-state index is -0.743. The number of aromatic nitrogens is 1. The molecule has 1 aliphatic heterocycles. The zero-order valence-electron chi connectivity index (χ0n) is 17.9. The standard InChI is InChI=1S/C25H24N2O3S/c1-14(2)17-7-9-18(10-8-17)21-20(22(28)19-13-15(3)5-6-16(19)4)23(29)24(30)27(21)25-26-11-12-31-25/h5-14,21,28H,1-4H3. The van der Waals surface area contributed by atoms with Gasteiger partial charge in [0.1, 0.15) is 5.76 Å². The number of hydrogen-bond acceptors (Lipinski definition) is 5. The number of carbonyl (C=O) groups excluding carboxylic acids is 2. The van der Waals surface area contributed by atoms with Gasteiger partial charge in [-0.05, 0) is 42.5 Å². The van der Waals surface area contributed by atoms with E-state index in [4.69, 9.17) is 0 Å². The van der Waals surface area contributed by atoms with Crippen molar-refractivity contribution in [3.63, 3.8) is 0 Å². The zero-order chi connectivity index (χ0) is 22.3. The molecule has 1 unspecified atom stereocenters. The van der Waals surface area contributed by atoms with E-state index < -0.39 is 17.7 Å². The number of Topliss-reactive ketones (excluding diaryl/α,β-unsaturated/α-hetero) is 1. The number of aryl methyl sites for hydroxylation is 2. The number of anilines is 1. The Labute approximate surface area is 185 Å². The summed E-state index contributed by atoms with van der Waals surface area (Å²) in [6, 6.07) is 12.8. The molecular formula is C25H24N2O3S. The fraction of sp³-hybridized carbons (Fsp3) is 0.240. The summed E-state index contributed by atoms with van der Waals surface area (Å²) in [6.07, 6.45) is 1.60. The van der Waals surface area contributed by atoms with Gasteiger partial charge in [0, 0.05) is 17.1 Å². The van der Waals surface area contributed by atoms with Crippen LogP contribution in [0.2, 0.25) is 0 Å². The largest absolute Gasteiger partial charge is 0.507 e. The normalized spacial score (nSPS) is 18.2. The van der Waals surface area contributed by atoms with Gasteiger partial charge in [-0.15, -0.1) is 11.3 Å². The molecule has 0 bridgehead atoms. The highest BCUT2D eigenvalue weighted by molar-refractivity contribution is 7.14. The first-order chi connectivity index (χ1) is 14.8. The number of benzene rings is 2. The van der Waals surface area contributed by atoms with E-state index in [1.165, 1.54) is 16.2 Å². The second-order valence-electron chi connectivity index (χ2n) is 8.12. The number of amides is 1. The van der Waals surface area contributed by atoms with E-state index in [-0.39, 0.29) is 11.3 Å². The van der Waals surface area contributed by atoms with Crippen molar-refractivity contribution in [3.8, 4) is 0 Å². The van der Waals surface area contributed by atoms with E-state index in [1.54, 1.807) is 11.6 Å². The maximum atomic E-state index is 13.1. The van der Waals surface area contributed by atoms with E-state index >= 15 is 0 Å². The van der Waals surface area contributed by atoms with Gasteiger partial charge >= 0.3 is 5.91 Å². The third kappa shape index (κ3) is 3.68. The number of aliphatic hydroxyl groups excluding tert-OH is 1. The second-order valence-corrected chi connectivity index (χ2v) is 9.00. The van der Waals surface area contributed by atoms with Crippen molar-refractivity contribution in [3.05, 3.63) is 87.4 Å². The van der Waals surface area contributed by atoms with Gasteiger partial charge in [0.15, 0.2) is 5.13 Å². The van der Waals surface area contributed by atoms with Crippen LogP contribution in [0.15, 0.2) is 59.6 Å². The van der Waals surface area contributed by atoms with Crippen LogP contribution >= 0.6 is 11.3 Å². The molecule has 31 heavy (non-hydrogen) atoms. The molecule has 1 saturated heterocycles. The highest BCUT2D eigenvalue weighted by Crippen LogP contribution is 2.43. The van der Waals surface area contributed by atoms with Crippen LogP contribution in [-0.4, -0.2) is 21.8 Å². The lowest BCUT2D eigenvalue weighted by Crippen LogP contribution is -2.29.